The second kappa shape index (κ2) is 8.39. The van der Waals surface area contributed by atoms with Crippen molar-refractivity contribution in [1.82, 2.24) is 0 Å². The highest BCUT2D eigenvalue weighted by Crippen LogP contribution is 2.25. The first-order valence-corrected chi connectivity index (χ1v) is 8.89. The van der Waals surface area contributed by atoms with Crippen LogP contribution in [-0.2, 0) is 4.79 Å². The predicted molar refractivity (Wildman–Crippen MR) is 105 cm³/mol. The van der Waals surface area contributed by atoms with Gasteiger partial charge in [-0.15, -0.1) is 0 Å². The first-order chi connectivity index (χ1) is 12.7. The lowest BCUT2D eigenvalue weighted by atomic mass is 10.1. The van der Waals surface area contributed by atoms with Gasteiger partial charge in [-0.1, -0.05) is 49.4 Å². The minimum Gasteiger partial charge on any atom is -0.492 e. The largest absolute Gasteiger partial charge is 0.492 e. The lowest BCUT2D eigenvalue weighted by Gasteiger charge is -2.19. The Morgan fingerprint density at radius 1 is 0.962 bits per heavy atom. The highest BCUT2D eigenvalue weighted by molar-refractivity contribution is 5.95. The van der Waals surface area contributed by atoms with Crippen LogP contribution >= 0.6 is 0 Å². The zero-order valence-corrected chi connectivity index (χ0v) is 15.1. The maximum Gasteiger partial charge on any atom is 0.265 e. The Hall–Kier alpha value is -3.01. The molecule has 134 valence electrons. The molecular formula is C22H23NO3. The monoisotopic (exact) mass is 349 g/mol. The molecule has 4 heteroatoms. The Kier molecular flexibility index (Phi) is 5.74. The normalized spacial score (nSPS) is 11.8. The fourth-order valence-corrected chi connectivity index (χ4v) is 2.79. The molecule has 26 heavy (non-hydrogen) atoms. The van der Waals surface area contributed by atoms with Crippen molar-refractivity contribution in [1.29, 1.82) is 0 Å². The summed E-state index contributed by atoms with van der Waals surface area (Å²) in [5, 5.41) is 5.14. The van der Waals surface area contributed by atoms with Gasteiger partial charge in [-0.3, -0.25) is 4.79 Å². The van der Waals surface area contributed by atoms with E-state index in [9.17, 15) is 4.79 Å². The van der Waals surface area contributed by atoms with Crippen LogP contribution in [-0.4, -0.2) is 18.6 Å². The van der Waals surface area contributed by atoms with Crippen LogP contribution in [0.1, 0.15) is 20.3 Å². The van der Waals surface area contributed by atoms with Gasteiger partial charge in [-0.25, -0.2) is 0 Å². The molecule has 0 aromatic heterocycles. The lowest BCUT2D eigenvalue weighted by molar-refractivity contribution is -0.122. The zero-order valence-electron chi connectivity index (χ0n) is 15.1. The molecule has 0 spiro atoms. The standard InChI is InChI=1S/C22H23NO3/c1-3-20(22(24)23-19-11-7-8-12-21(19)25-4-2)26-18-14-13-16-9-5-6-10-17(16)15-18/h5-15,20H,3-4H2,1-2H3,(H,23,24). The Labute approximate surface area is 153 Å². The van der Waals surface area contributed by atoms with Crippen molar-refractivity contribution in [3.05, 3.63) is 66.7 Å². The van der Waals surface area contributed by atoms with Gasteiger partial charge in [0.15, 0.2) is 6.10 Å². The van der Waals surface area contributed by atoms with Crippen molar-refractivity contribution in [3.8, 4) is 11.5 Å². The maximum atomic E-state index is 12.7. The van der Waals surface area contributed by atoms with Crippen molar-refractivity contribution < 1.29 is 14.3 Å². The van der Waals surface area contributed by atoms with Gasteiger partial charge in [0, 0.05) is 0 Å². The molecular weight excluding hydrogens is 326 g/mol. The molecule has 0 radical (unpaired) electrons. The van der Waals surface area contributed by atoms with Gasteiger partial charge in [0.25, 0.3) is 5.91 Å². The molecule has 4 nitrogen and oxygen atoms in total. The van der Waals surface area contributed by atoms with Gasteiger partial charge in [0.1, 0.15) is 11.5 Å². The van der Waals surface area contributed by atoms with E-state index in [1.54, 1.807) is 0 Å². The lowest BCUT2D eigenvalue weighted by Crippen LogP contribution is -2.32. The summed E-state index contributed by atoms with van der Waals surface area (Å²) in [4.78, 5) is 12.7. The summed E-state index contributed by atoms with van der Waals surface area (Å²) in [6, 6.07) is 21.3. The molecule has 0 aliphatic carbocycles. The molecule has 0 saturated heterocycles. The summed E-state index contributed by atoms with van der Waals surface area (Å²) in [6.07, 6.45) is -0.0130. The predicted octanol–water partition coefficient (Wildman–Crippen LogP) is 5.03. The minimum absolute atomic E-state index is 0.187. The van der Waals surface area contributed by atoms with Crippen molar-refractivity contribution >= 4 is 22.4 Å². The molecule has 1 N–H and O–H groups in total. The molecule has 1 atom stereocenters. The molecule has 0 aliphatic heterocycles. The van der Waals surface area contributed by atoms with Crippen LogP contribution in [0.3, 0.4) is 0 Å². The number of anilines is 1. The average Bonchev–Trinajstić information content (AvgIpc) is 2.67. The topological polar surface area (TPSA) is 47.6 Å². The first kappa shape index (κ1) is 17.8. The number of amides is 1. The van der Waals surface area contributed by atoms with Crippen molar-refractivity contribution in [3.63, 3.8) is 0 Å². The van der Waals surface area contributed by atoms with Gasteiger partial charge in [-0.2, -0.15) is 0 Å². The number of hydrogen-bond donors (Lipinski definition) is 1. The number of nitrogens with one attached hydrogen (secondary N) is 1. The number of ether oxygens (including phenoxy) is 2. The van der Waals surface area contributed by atoms with Crippen molar-refractivity contribution in [2.24, 2.45) is 0 Å². The van der Waals surface area contributed by atoms with Crippen LogP contribution < -0.4 is 14.8 Å². The van der Waals surface area contributed by atoms with E-state index in [0.29, 0.717) is 30.2 Å². The molecule has 1 unspecified atom stereocenters. The van der Waals surface area contributed by atoms with E-state index < -0.39 is 6.10 Å². The number of carbonyl (C=O) groups is 1. The van der Waals surface area contributed by atoms with Crippen LogP contribution in [0.5, 0.6) is 11.5 Å². The van der Waals surface area contributed by atoms with E-state index in [2.05, 4.69) is 5.32 Å². The smallest absolute Gasteiger partial charge is 0.265 e. The molecule has 0 heterocycles. The van der Waals surface area contributed by atoms with Gasteiger partial charge in [0.05, 0.1) is 12.3 Å². The quantitative estimate of drug-likeness (QED) is 0.650. The number of hydrogen-bond acceptors (Lipinski definition) is 3. The molecule has 0 saturated carbocycles. The van der Waals surface area contributed by atoms with Crippen LogP contribution in [0.4, 0.5) is 5.69 Å². The average molecular weight is 349 g/mol. The second-order valence-corrected chi connectivity index (χ2v) is 5.94. The maximum absolute atomic E-state index is 12.7. The second-order valence-electron chi connectivity index (χ2n) is 5.94. The molecule has 0 bridgehead atoms. The summed E-state index contributed by atoms with van der Waals surface area (Å²) in [5.74, 6) is 1.15. The number of fused-ring (bicyclic) bond motifs is 1. The van der Waals surface area contributed by atoms with E-state index in [-0.39, 0.29) is 5.91 Å². The Morgan fingerprint density at radius 3 is 2.46 bits per heavy atom. The van der Waals surface area contributed by atoms with E-state index in [1.807, 2.05) is 80.6 Å². The number of benzene rings is 3. The molecule has 3 aromatic rings. The van der Waals surface area contributed by atoms with Gasteiger partial charge < -0.3 is 14.8 Å². The fraction of sp³-hybridized carbons (Fsp3) is 0.227. The minimum atomic E-state index is -0.578. The molecule has 0 aliphatic rings. The van der Waals surface area contributed by atoms with Gasteiger partial charge in [-0.05, 0) is 48.4 Å². The molecule has 0 fully saturated rings. The Balaban J connectivity index is 1.74. The van der Waals surface area contributed by atoms with Crippen LogP contribution in [0.15, 0.2) is 66.7 Å². The number of carbonyl (C=O) groups excluding carboxylic acids is 1. The zero-order chi connectivity index (χ0) is 18.4. The van der Waals surface area contributed by atoms with E-state index in [4.69, 9.17) is 9.47 Å². The Bertz CT molecular complexity index is 891. The molecule has 1 amide bonds. The third-order valence-electron chi connectivity index (χ3n) is 4.11. The van der Waals surface area contributed by atoms with E-state index in [1.165, 1.54) is 0 Å². The van der Waals surface area contributed by atoms with E-state index >= 15 is 0 Å². The third-order valence-corrected chi connectivity index (χ3v) is 4.11. The first-order valence-electron chi connectivity index (χ1n) is 8.89. The number of rotatable bonds is 7. The van der Waals surface area contributed by atoms with Crippen molar-refractivity contribution in [2.45, 2.75) is 26.4 Å². The summed E-state index contributed by atoms with van der Waals surface area (Å²) in [7, 11) is 0. The molecule has 3 rings (SSSR count). The van der Waals surface area contributed by atoms with Gasteiger partial charge >= 0.3 is 0 Å². The molecule has 3 aromatic carbocycles. The third kappa shape index (κ3) is 4.14. The van der Waals surface area contributed by atoms with E-state index in [0.717, 1.165) is 10.8 Å². The summed E-state index contributed by atoms with van der Waals surface area (Å²) in [5.41, 5.74) is 0.653. The van der Waals surface area contributed by atoms with Crippen LogP contribution in [0, 0.1) is 0 Å². The fourth-order valence-electron chi connectivity index (χ4n) is 2.79. The summed E-state index contributed by atoms with van der Waals surface area (Å²) in [6.45, 7) is 4.38. The summed E-state index contributed by atoms with van der Waals surface area (Å²) >= 11 is 0. The highest BCUT2D eigenvalue weighted by atomic mass is 16.5. The Morgan fingerprint density at radius 2 is 1.69 bits per heavy atom. The van der Waals surface area contributed by atoms with Crippen molar-refractivity contribution in [2.75, 3.05) is 11.9 Å². The van der Waals surface area contributed by atoms with Crippen LogP contribution in [0.2, 0.25) is 0 Å². The van der Waals surface area contributed by atoms with Gasteiger partial charge in [0.2, 0.25) is 0 Å². The SMILES string of the molecule is CCOc1ccccc1NC(=O)C(CC)Oc1ccc2ccccc2c1. The number of para-hydroxylation sites is 2. The van der Waals surface area contributed by atoms with Crippen LogP contribution in [0.25, 0.3) is 10.8 Å². The highest BCUT2D eigenvalue weighted by Gasteiger charge is 2.20. The summed E-state index contributed by atoms with van der Waals surface area (Å²) < 4.78 is 11.5.